The van der Waals surface area contributed by atoms with Gasteiger partial charge in [-0.15, -0.1) is 11.3 Å². The number of nitrogens with zero attached hydrogens (tertiary/aromatic N) is 2. The van der Waals surface area contributed by atoms with Gasteiger partial charge in [0.1, 0.15) is 23.4 Å². The summed E-state index contributed by atoms with van der Waals surface area (Å²) in [5, 5.41) is 12.4. The normalized spacial score (nSPS) is 11.1. The summed E-state index contributed by atoms with van der Waals surface area (Å²) in [7, 11) is 0. The molecule has 3 aromatic carbocycles. The third-order valence-electron chi connectivity index (χ3n) is 4.34. The van der Waals surface area contributed by atoms with Crippen LogP contribution in [0.15, 0.2) is 90.3 Å². The number of thiazole rings is 1. The first kappa shape index (κ1) is 18.7. The fraction of sp³-hybridized carbons (Fsp3) is 0.0400. The second-order valence-corrected chi connectivity index (χ2v) is 7.28. The lowest BCUT2D eigenvalue weighted by atomic mass is 10.1. The van der Waals surface area contributed by atoms with E-state index in [0.717, 1.165) is 28.1 Å². The molecule has 0 atom stereocenters. The highest BCUT2D eigenvalue weighted by Gasteiger charge is 2.09. The van der Waals surface area contributed by atoms with E-state index in [9.17, 15) is 5.26 Å². The Hall–Kier alpha value is -3.68. The Balaban J connectivity index is 1.53. The minimum atomic E-state index is 0.506. The molecule has 0 radical (unpaired) electrons. The van der Waals surface area contributed by atoms with Crippen molar-refractivity contribution in [3.8, 4) is 23.1 Å². The highest BCUT2D eigenvalue weighted by Crippen LogP contribution is 2.27. The predicted molar refractivity (Wildman–Crippen MR) is 118 cm³/mol. The van der Waals surface area contributed by atoms with Crippen LogP contribution < -0.4 is 4.74 Å². The van der Waals surface area contributed by atoms with Gasteiger partial charge < -0.3 is 4.74 Å². The van der Waals surface area contributed by atoms with E-state index in [-0.39, 0.29) is 0 Å². The molecule has 0 saturated heterocycles. The highest BCUT2D eigenvalue weighted by atomic mass is 32.1. The molecular weight excluding hydrogens is 376 g/mol. The van der Waals surface area contributed by atoms with Crippen LogP contribution in [0.2, 0.25) is 0 Å². The second kappa shape index (κ2) is 9.01. The van der Waals surface area contributed by atoms with Crippen molar-refractivity contribution >= 4 is 23.0 Å². The third kappa shape index (κ3) is 4.78. The summed E-state index contributed by atoms with van der Waals surface area (Å²) in [5.41, 5.74) is 4.48. The topological polar surface area (TPSA) is 45.9 Å². The van der Waals surface area contributed by atoms with Crippen LogP contribution in [0.4, 0.5) is 0 Å². The largest absolute Gasteiger partial charge is 0.489 e. The number of benzene rings is 3. The van der Waals surface area contributed by atoms with Crippen LogP contribution in [0.3, 0.4) is 0 Å². The van der Waals surface area contributed by atoms with Crippen LogP contribution in [0.25, 0.3) is 22.9 Å². The van der Waals surface area contributed by atoms with Crippen LogP contribution in [0.5, 0.6) is 5.75 Å². The molecule has 0 unspecified atom stereocenters. The molecule has 3 nitrogen and oxygen atoms in total. The molecule has 1 heterocycles. The first-order chi connectivity index (χ1) is 14.3. The van der Waals surface area contributed by atoms with Crippen molar-refractivity contribution < 1.29 is 4.74 Å². The Morgan fingerprint density at radius 1 is 0.966 bits per heavy atom. The van der Waals surface area contributed by atoms with Crippen molar-refractivity contribution in [3.05, 3.63) is 106 Å². The molecule has 0 amide bonds. The minimum absolute atomic E-state index is 0.506. The summed E-state index contributed by atoms with van der Waals surface area (Å²) in [6, 6.07) is 30.0. The number of nitriles is 1. The van der Waals surface area contributed by atoms with E-state index in [1.54, 1.807) is 0 Å². The number of hydrogen-bond acceptors (Lipinski definition) is 4. The maximum Gasteiger partial charge on any atom is 0.134 e. The molecule has 0 aliphatic rings. The molecule has 0 spiro atoms. The van der Waals surface area contributed by atoms with Crippen LogP contribution >= 0.6 is 11.3 Å². The van der Waals surface area contributed by atoms with Crippen LogP contribution in [0, 0.1) is 11.3 Å². The van der Waals surface area contributed by atoms with Crippen molar-refractivity contribution in [2.75, 3.05) is 0 Å². The number of ether oxygens (including phenoxy) is 1. The fourth-order valence-corrected chi connectivity index (χ4v) is 3.68. The number of aromatic nitrogens is 1. The van der Waals surface area contributed by atoms with Gasteiger partial charge in [0.15, 0.2) is 0 Å². The van der Waals surface area contributed by atoms with Crippen molar-refractivity contribution in [2.24, 2.45) is 0 Å². The van der Waals surface area contributed by atoms with Gasteiger partial charge in [-0.05, 0) is 29.3 Å². The Morgan fingerprint density at radius 3 is 2.48 bits per heavy atom. The van der Waals surface area contributed by atoms with E-state index in [1.807, 2.05) is 96.4 Å². The summed E-state index contributed by atoms with van der Waals surface area (Å²) in [4.78, 5) is 4.64. The third-order valence-corrected chi connectivity index (χ3v) is 5.22. The van der Waals surface area contributed by atoms with Gasteiger partial charge in [0.25, 0.3) is 0 Å². The lowest BCUT2D eigenvalue weighted by Gasteiger charge is -2.07. The van der Waals surface area contributed by atoms with Gasteiger partial charge in [-0.1, -0.05) is 72.8 Å². The monoisotopic (exact) mass is 394 g/mol. The summed E-state index contributed by atoms with van der Waals surface area (Å²) in [6.45, 7) is 0.506. The Labute approximate surface area is 174 Å². The summed E-state index contributed by atoms with van der Waals surface area (Å²) in [5.74, 6) is 0.768. The van der Waals surface area contributed by atoms with Crippen molar-refractivity contribution in [1.29, 1.82) is 5.26 Å². The molecule has 0 fully saturated rings. The molecule has 0 saturated carbocycles. The molecular formula is C25H18N2OS. The van der Waals surface area contributed by atoms with Gasteiger partial charge in [0, 0.05) is 10.9 Å². The van der Waals surface area contributed by atoms with Crippen molar-refractivity contribution in [1.82, 2.24) is 4.98 Å². The molecule has 4 aromatic rings. The van der Waals surface area contributed by atoms with E-state index in [1.165, 1.54) is 11.3 Å². The summed E-state index contributed by atoms with van der Waals surface area (Å²) < 4.78 is 5.89. The van der Waals surface area contributed by atoms with Gasteiger partial charge >= 0.3 is 0 Å². The lowest BCUT2D eigenvalue weighted by molar-refractivity contribution is 0.306. The van der Waals surface area contributed by atoms with Gasteiger partial charge in [0.05, 0.1) is 11.3 Å². The van der Waals surface area contributed by atoms with Crippen LogP contribution in [0.1, 0.15) is 16.1 Å². The zero-order valence-electron chi connectivity index (χ0n) is 15.7. The average Bonchev–Trinajstić information content (AvgIpc) is 3.28. The molecule has 29 heavy (non-hydrogen) atoms. The number of rotatable bonds is 6. The predicted octanol–water partition coefficient (Wildman–Crippen LogP) is 6.45. The number of allylic oxidation sites excluding steroid dienone is 1. The quantitative estimate of drug-likeness (QED) is 0.353. The van der Waals surface area contributed by atoms with Gasteiger partial charge in [-0.3, -0.25) is 0 Å². The van der Waals surface area contributed by atoms with E-state index < -0.39 is 0 Å². The van der Waals surface area contributed by atoms with Crippen LogP contribution in [-0.4, -0.2) is 4.98 Å². The van der Waals surface area contributed by atoms with Crippen molar-refractivity contribution in [3.63, 3.8) is 0 Å². The maximum absolute atomic E-state index is 9.66. The zero-order chi connectivity index (χ0) is 19.9. The van der Waals surface area contributed by atoms with Crippen LogP contribution in [-0.2, 0) is 6.61 Å². The fourth-order valence-electron chi connectivity index (χ4n) is 2.88. The first-order valence-electron chi connectivity index (χ1n) is 9.22. The van der Waals surface area contributed by atoms with E-state index in [4.69, 9.17) is 4.74 Å². The van der Waals surface area contributed by atoms with Crippen molar-refractivity contribution in [2.45, 2.75) is 6.61 Å². The highest BCUT2D eigenvalue weighted by molar-refractivity contribution is 7.11. The Bertz CT molecular complexity index is 1160. The maximum atomic E-state index is 9.66. The Kier molecular flexibility index (Phi) is 5.80. The van der Waals surface area contributed by atoms with E-state index in [2.05, 4.69) is 11.1 Å². The Morgan fingerprint density at radius 2 is 1.72 bits per heavy atom. The molecule has 0 bridgehead atoms. The average molecular weight is 394 g/mol. The summed E-state index contributed by atoms with van der Waals surface area (Å²) >= 11 is 1.47. The molecule has 4 heteroatoms. The standard InChI is InChI=1S/C25H18N2OS/c26-16-22(25-27-24(18-29-25)21-11-5-2-6-12-21)14-20-10-7-13-23(15-20)28-17-19-8-3-1-4-9-19/h1-15,18H,17H2/b22-14-. The van der Waals surface area contributed by atoms with E-state index >= 15 is 0 Å². The van der Waals surface area contributed by atoms with E-state index in [0.29, 0.717) is 17.2 Å². The second-order valence-electron chi connectivity index (χ2n) is 6.42. The van der Waals surface area contributed by atoms with Gasteiger partial charge in [-0.2, -0.15) is 5.26 Å². The molecule has 4 rings (SSSR count). The zero-order valence-corrected chi connectivity index (χ0v) is 16.5. The smallest absolute Gasteiger partial charge is 0.134 e. The first-order valence-corrected chi connectivity index (χ1v) is 10.1. The minimum Gasteiger partial charge on any atom is -0.489 e. The SMILES string of the molecule is N#C/C(=C/c1cccc(OCc2ccccc2)c1)c1nc(-c2ccccc2)cs1. The summed E-state index contributed by atoms with van der Waals surface area (Å²) in [6.07, 6.45) is 1.85. The van der Waals surface area contributed by atoms with Gasteiger partial charge in [0.2, 0.25) is 0 Å². The molecule has 0 N–H and O–H groups in total. The lowest BCUT2D eigenvalue weighted by Crippen LogP contribution is -1.95. The van der Waals surface area contributed by atoms with Gasteiger partial charge in [-0.25, -0.2) is 4.98 Å². The molecule has 1 aromatic heterocycles. The molecule has 0 aliphatic carbocycles. The molecule has 0 aliphatic heterocycles. The molecule has 140 valence electrons. The number of hydrogen-bond donors (Lipinski definition) is 0.